The standard InChI is InChI=1S/C12H15ClFN3O2/c1-6(2)10(17-12(15)19)11(18)16-9-5-7(13)3-4-8(9)14/h3-6,10H,1-2H3,(H,16,18)(H3,15,17,19)/t10-/m1/s1. The first kappa shape index (κ1) is 15.2. The highest BCUT2D eigenvalue weighted by Crippen LogP contribution is 2.20. The molecular formula is C12H15ClFN3O2. The monoisotopic (exact) mass is 287 g/mol. The molecule has 0 fully saturated rings. The highest BCUT2D eigenvalue weighted by Gasteiger charge is 2.24. The largest absolute Gasteiger partial charge is 0.352 e. The number of nitrogens with one attached hydrogen (secondary N) is 2. The molecule has 7 heteroatoms. The van der Waals surface area contributed by atoms with Crippen LogP contribution >= 0.6 is 11.6 Å². The predicted molar refractivity (Wildman–Crippen MR) is 71.4 cm³/mol. The fraction of sp³-hybridized carbons (Fsp3) is 0.333. The number of hydrogen-bond donors (Lipinski definition) is 3. The average molecular weight is 288 g/mol. The Morgan fingerprint density at radius 2 is 2.00 bits per heavy atom. The number of benzene rings is 1. The lowest BCUT2D eigenvalue weighted by atomic mass is 10.0. The SMILES string of the molecule is CC(C)[C@@H](NC(N)=O)C(=O)Nc1cc(Cl)ccc1F. The molecule has 1 aromatic carbocycles. The Bertz CT molecular complexity index is 494. The van der Waals surface area contributed by atoms with Crippen LogP contribution in [0.3, 0.4) is 0 Å². The normalized spacial score (nSPS) is 12.1. The number of amides is 3. The van der Waals surface area contributed by atoms with Gasteiger partial charge in [-0.1, -0.05) is 25.4 Å². The second-order valence-corrected chi connectivity index (χ2v) is 4.78. The minimum Gasteiger partial charge on any atom is -0.352 e. The molecule has 0 heterocycles. The molecule has 3 amide bonds. The first-order chi connectivity index (χ1) is 8.81. The van der Waals surface area contributed by atoms with Crippen LogP contribution in [0.2, 0.25) is 5.02 Å². The lowest BCUT2D eigenvalue weighted by Gasteiger charge is -2.20. The quantitative estimate of drug-likeness (QED) is 0.792. The van der Waals surface area contributed by atoms with Crippen LogP contribution in [0.25, 0.3) is 0 Å². The minimum absolute atomic E-state index is 0.0468. The van der Waals surface area contributed by atoms with Gasteiger partial charge in [-0.3, -0.25) is 4.79 Å². The average Bonchev–Trinajstić information content (AvgIpc) is 2.30. The van der Waals surface area contributed by atoms with Crippen molar-refractivity contribution in [3.05, 3.63) is 29.0 Å². The van der Waals surface area contributed by atoms with Crippen LogP contribution in [0, 0.1) is 11.7 Å². The third-order valence-corrected chi connectivity index (χ3v) is 2.67. The summed E-state index contributed by atoms with van der Waals surface area (Å²) in [7, 11) is 0. The summed E-state index contributed by atoms with van der Waals surface area (Å²) in [6.07, 6.45) is 0. The lowest BCUT2D eigenvalue weighted by molar-refractivity contribution is -0.118. The third kappa shape index (κ3) is 4.40. The van der Waals surface area contributed by atoms with Gasteiger partial charge in [0.25, 0.3) is 0 Å². The zero-order chi connectivity index (χ0) is 14.6. The molecular weight excluding hydrogens is 273 g/mol. The van der Waals surface area contributed by atoms with Crippen molar-refractivity contribution in [1.82, 2.24) is 5.32 Å². The molecule has 0 unspecified atom stereocenters. The van der Waals surface area contributed by atoms with E-state index in [1.165, 1.54) is 12.1 Å². The maximum Gasteiger partial charge on any atom is 0.312 e. The van der Waals surface area contributed by atoms with Crippen molar-refractivity contribution in [3.63, 3.8) is 0 Å². The van der Waals surface area contributed by atoms with Crippen molar-refractivity contribution >= 4 is 29.2 Å². The van der Waals surface area contributed by atoms with Gasteiger partial charge < -0.3 is 16.4 Å². The predicted octanol–water partition coefficient (Wildman–Crippen LogP) is 2.11. The van der Waals surface area contributed by atoms with E-state index in [2.05, 4.69) is 10.6 Å². The number of primary amides is 1. The van der Waals surface area contributed by atoms with Gasteiger partial charge in [-0.05, 0) is 24.1 Å². The second kappa shape index (κ2) is 6.38. The Balaban J connectivity index is 2.87. The summed E-state index contributed by atoms with van der Waals surface area (Å²) < 4.78 is 13.5. The van der Waals surface area contributed by atoms with E-state index in [1.54, 1.807) is 13.8 Å². The Morgan fingerprint density at radius 1 is 1.37 bits per heavy atom. The van der Waals surface area contributed by atoms with E-state index >= 15 is 0 Å². The van der Waals surface area contributed by atoms with E-state index in [-0.39, 0.29) is 11.6 Å². The van der Waals surface area contributed by atoms with Crippen molar-refractivity contribution < 1.29 is 14.0 Å². The third-order valence-electron chi connectivity index (χ3n) is 2.43. The molecule has 0 radical (unpaired) electrons. The van der Waals surface area contributed by atoms with Gasteiger partial charge >= 0.3 is 6.03 Å². The van der Waals surface area contributed by atoms with Crippen molar-refractivity contribution in [2.24, 2.45) is 11.7 Å². The lowest BCUT2D eigenvalue weighted by Crippen LogP contribution is -2.49. The maximum atomic E-state index is 13.5. The number of rotatable bonds is 4. The van der Waals surface area contributed by atoms with Crippen molar-refractivity contribution in [3.8, 4) is 0 Å². The molecule has 5 nitrogen and oxygen atoms in total. The zero-order valence-electron chi connectivity index (χ0n) is 10.5. The van der Waals surface area contributed by atoms with Gasteiger partial charge in [0.2, 0.25) is 5.91 Å². The molecule has 0 aromatic heterocycles. The van der Waals surface area contributed by atoms with Crippen molar-refractivity contribution in [2.45, 2.75) is 19.9 Å². The van der Waals surface area contributed by atoms with E-state index in [9.17, 15) is 14.0 Å². The first-order valence-electron chi connectivity index (χ1n) is 5.63. The molecule has 0 saturated carbocycles. The molecule has 0 aliphatic rings. The van der Waals surface area contributed by atoms with Gasteiger partial charge in [-0.25, -0.2) is 9.18 Å². The van der Waals surface area contributed by atoms with Gasteiger partial charge in [0.05, 0.1) is 5.69 Å². The van der Waals surface area contributed by atoms with Crippen LogP contribution in [0.15, 0.2) is 18.2 Å². The Labute approximate surface area is 115 Å². The molecule has 0 aliphatic heterocycles. The fourth-order valence-electron chi connectivity index (χ4n) is 1.49. The molecule has 0 bridgehead atoms. The number of urea groups is 1. The molecule has 0 spiro atoms. The van der Waals surface area contributed by atoms with E-state index in [0.29, 0.717) is 5.02 Å². The van der Waals surface area contributed by atoms with Gasteiger partial charge in [0.15, 0.2) is 0 Å². The van der Waals surface area contributed by atoms with E-state index in [4.69, 9.17) is 17.3 Å². The first-order valence-corrected chi connectivity index (χ1v) is 6.01. The summed E-state index contributed by atoms with van der Waals surface area (Å²) in [5, 5.41) is 4.97. The van der Waals surface area contributed by atoms with Crippen LogP contribution in [0.1, 0.15) is 13.8 Å². The Kier molecular flexibility index (Phi) is 5.11. The molecule has 1 aromatic rings. The molecule has 104 valence electrons. The van der Waals surface area contributed by atoms with Crippen molar-refractivity contribution in [1.29, 1.82) is 0 Å². The molecule has 0 saturated heterocycles. The number of anilines is 1. The summed E-state index contributed by atoms with van der Waals surface area (Å²) in [5.41, 5.74) is 4.94. The van der Waals surface area contributed by atoms with Crippen molar-refractivity contribution in [2.75, 3.05) is 5.32 Å². The van der Waals surface area contributed by atoms with Crippen LogP contribution < -0.4 is 16.4 Å². The summed E-state index contributed by atoms with van der Waals surface area (Å²) in [4.78, 5) is 22.8. The number of hydrogen-bond acceptors (Lipinski definition) is 2. The van der Waals surface area contributed by atoms with Gasteiger partial charge in [-0.2, -0.15) is 0 Å². The van der Waals surface area contributed by atoms with Crippen LogP contribution in [-0.4, -0.2) is 18.0 Å². The van der Waals surface area contributed by atoms with E-state index in [1.807, 2.05) is 0 Å². The van der Waals surface area contributed by atoms with E-state index < -0.39 is 23.8 Å². The minimum atomic E-state index is -0.851. The highest BCUT2D eigenvalue weighted by atomic mass is 35.5. The number of carbonyl (C=O) groups excluding carboxylic acids is 2. The summed E-state index contributed by atoms with van der Waals surface area (Å²) in [5.74, 6) is -1.37. The van der Waals surface area contributed by atoms with Crippen LogP contribution in [0.5, 0.6) is 0 Å². The fourth-order valence-corrected chi connectivity index (χ4v) is 1.66. The summed E-state index contributed by atoms with van der Waals surface area (Å²) >= 11 is 5.72. The van der Waals surface area contributed by atoms with Gasteiger partial charge in [-0.15, -0.1) is 0 Å². The zero-order valence-corrected chi connectivity index (χ0v) is 11.3. The summed E-state index contributed by atoms with van der Waals surface area (Å²) in [6, 6.07) is 2.13. The molecule has 1 atom stereocenters. The van der Waals surface area contributed by atoms with E-state index in [0.717, 1.165) is 6.07 Å². The van der Waals surface area contributed by atoms with Crippen LogP contribution in [0.4, 0.5) is 14.9 Å². The number of carbonyl (C=O) groups is 2. The topological polar surface area (TPSA) is 84.2 Å². The maximum absolute atomic E-state index is 13.5. The molecule has 19 heavy (non-hydrogen) atoms. The van der Waals surface area contributed by atoms with Gasteiger partial charge in [0, 0.05) is 5.02 Å². The smallest absolute Gasteiger partial charge is 0.312 e. The number of nitrogens with two attached hydrogens (primary N) is 1. The van der Waals surface area contributed by atoms with Crippen LogP contribution in [-0.2, 0) is 4.79 Å². The second-order valence-electron chi connectivity index (χ2n) is 4.34. The number of halogens is 2. The van der Waals surface area contributed by atoms with Gasteiger partial charge in [0.1, 0.15) is 11.9 Å². The Hall–Kier alpha value is -1.82. The highest BCUT2D eigenvalue weighted by molar-refractivity contribution is 6.30. The summed E-state index contributed by atoms with van der Waals surface area (Å²) in [6.45, 7) is 3.46. The molecule has 4 N–H and O–H groups in total. The molecule has 1 rings (SSSR count). The molecule has 0 aliphatic carbocycles. The Morgan fingerprint density at radius 3 is 2.53 bits per heavy atom.